The molecule has 316 valence electrons. The molecule has 0 saturated heterocycles. The molecule has 0 bridgehead atoms. The van der Waals surface area contributed by atoms with Gasteiger partial charge in [0.05, 0.1) is 39.9 Å². The van der Waals surface area contributed by atoms with Gasteiger partial charge in [0, 0.05) is 6.42 Å². The minimum atomic E-state index is -4.61. The van der Waals surface area contributed by atoms with Gasteiger partial charge in [-0.15, -0.1) is 0 Å². The first-order valence-electron chi connectivity index (χ1n) is 21.4. The van der Waals surface area contributed by atoms with Crippen molar-refractivity contribution in [3.63, 3.8) is 0 Å². The zero-order valence-corrected chi connectivity index (χ0v) is 36.5. The van der Waals surface area contributed by atoms with Crippen molar-refractivity contribution in [2.45, 2.75) is 161 Å². The SMILES string of the molecule is CC/C=C\C/C=C\C/C=C\C/C=C\C/C=C\CCCC(=O)NC(COP(=O)([O-])OCC[N+](C)(C)C)C(O)/C=C/CC/C=C/CCCCCCCCCCCC. The van der Waals surface area contributed by atoms with E-state index in [0.717, 1.165) is 57.8 Å². The largest absolute Gasteiger partial charge is 0.756 e. The fourth-order valence-electron chi connectivity index (χ4n) is 5.44. The third-order valence-electron chi connectivity index (χ3n) is 8.84. The molecule has 0 fully saturated rings. The van der Waals surface area contributed by atoms with E-state index in [4.69, 9.17) is 9.05 Å². The monoisotopic (exact) mass is 789 g/mol. The Bertz CT molecular complexity index is 1170. The van der Waals surface area contributed by atoms with Crippen molar-refractivity contribution in [1.82, 2.24) is 5.32 Å². The van der Waals surface area contributed by atoms with E-state index in [1.54, 1.807) is 6.08 Å². The van der Waals surface area contributed by atoms with Gasteiger partial charge in [0.1, 0.15) is 13.2 Å². The van der Waals surface area contributed by atoms with E-state index >= 15 is 0 Å². The summed E-state index contributed by atoms with van der Waals surface area (Å²) >= 11 is 0. The minimum absolute atomic E-state index is 0.0216. The van der Waals surface area contributed by atoms with E-state index in [9.17, 15) is 19.4 Å². The summed E-state index contributed by atoms with van der Waals surface area (Å²) < 4.78 is 23.1. The zero-order chi connectivity index (χ0) is 40.7. The van der Waals surface area contributed by atoms with Crippen LogP contribution >= 0.6 is 7.82 Å². The predicted octanol–water partition coefficient (Wildman–Crippen LogP) is 11.2. The van der Waals surface area contributed by atoms with Gasteiger partial charge in [-0.05, 0) is 70.6 Å². The Hall–Kier alpha value is -2.32. The summed E-state index contributed by atoms with van der Waals surface area (Å²) in [5.41, 5.74) is 0. The first-order chi connectivity index (χ1) is 26.5. The summed E-state index contributed by atoms with van der Waals surface area (Å²) in [4.78, 5) is 25.2. The molecule has 9 heteroatoms. The van der Waals surface area contributed by atoms with Gasteiger partial charge in [-0.25, -0.2) is 0 Å². The van der Waals surface area contributed by atoms with Gasteiger partial charge < -0.3 is 28.8 Å². The number of allylic oxidation sites excluding steroid dienone is 13. The number of aliphatic hydroxyl groups is 1. The predicted molar refractivity (Wildman–Crippen MR) is 233 cm³/mol. The number of nitrogens with zero attached hydrogens (tertiary/aromatic N) is 1. The number of likely N-dealkylation sites (N-methyl/N-ethyl adjacent to an activating group) is 1. The number of phosphoric ester groups is 1. The molecule has 3 unspecified atom stereocenters. The molecule has 0 heterocycles. The Kier molecular flexibility index (Phi) is 35.7. The Labute approximate surface area is 337 Å². The van der Waals surface area contributed by atoms with Crippen LogP contribution in [-0.4, -0.2) is 68.5 Å². The maximum absolute atomic E-state index is 12.8. The summed E-state index contributed by atoms with van der Waals surface area (Å²) in [6, 6.07) is -0.936. The number of unbranched alkanes of at least 4 members (excludes halogenated alkanes) is 12. The van der Waals surface area contributed by atoms with Crippen LogP contribution in [0.1, 0.15) is 149 Å². The zero-order valence-electron chi connectivity index (χ0n) is 35.6. The number of quaternary nitrogens is 1. The number of aliphatic hydroxyl groups excluding tert-OH is 1. The van der Waals surface area contributed by atoms with E-state index in [1.165, 1.54) is 64.2 Å². The molecule has 0 rings (SSSR count). The lowest BCUT2D eigenvalue weighted by Gasteiger charge is -2.29. The lowest BCUT2D eigenvalue weighted by Crippen LogP contribution is -2.45. The highest BCUT2D eigenvalue weighted by molar-refractivity contribution is 7.45. The molecule has 1 amide bonds. The molecule has 0 aliphatic carbocycles. The van der Waals surface area contributed by atoms with Crippen LogP contribution in [0.2, 0.25) is 0 Å². The second-order valence-electron chi connectivity index (χ2n) is 15.3. The Morgan fingerprint density at radius 1 is 0.655 bits per heavy atom. The maximum atomic E-state index is 12.8. The maximum Gasteiger partial charge on any atom is 0.268 e. The lowest BCUT2D eigenvalue weighted by molar-refractivity contribution is -0.870. The van der Waals surface area contributed by atoms with Crippen LogP contribution in [-0.2, 0) is 18.4 Å². The fourth-order valence-corrected chi connectivity index (χ4v) is 6.16. The smallest absolute Gasteiger partial charge is 0.268 e. The normalized spacial score (nSPS) is 15.3. The van der Waals surface area contributed by atoms with E-state index < -0.39 is 26.6 Å². The summed E-state index contributed by atoms with van der Waals surface area (Å²) in [6.45, 7) is 4.43. The van der Waals surface area contributed by atoms with Crippen LogP contribution in [0, 0.1) is 0 Å². The highest BCUT2D eigenvalue weighted by Gasteiger charge is 2.23. The van der Waals surface area contributed by atoms with Gasteiger partial charge in [0.15, 0.2) is 0 Å². The van der Waals surface area contributed by atoms with Crippen LogP contribution in [0.5, 0.6) is 0 Å². The summed E-state index contributed by atoms with van der Waals surface area (Å²) in [7, 11) is 1.19. The number of phosphoric acid groups is 1. The molecule has 55 heavy (non-hydrogen) atoms. The number of hydrogen-bond acceptors (Lipinski definition) is 6. The standard InChI is InChI=1S/C46H81N2O6P/c1-6-8-10-12-14-16-18-20-22-24-26-28-30-32-34-36-38-40-46(50)47-44(43-54-55(51,52)53-42-41-48(3,4)5)45(49)39-37-35-33-31-29-27-25-23-21-19-17-15-13-11-9-7-2/h8,10,14,16,20,22,26,28-29,31-32,34,37,39,44-45,49H,6-7,9,11-13,15,17-19,21,23-25,27,30,33,35-36,38,40-43H2,1-5H3,(H-,47,50,51,52)/b10-8-,16-14-,22-20-,28-26-,31-29+,34-32-,39-37+. The molecular formula is C46H81N2O6P. The van der Waals surface area contributed by atoms with Crippen molar-refractivity contribution >= 4 is 13.7 Å². The van der Waals surface area contributed by atoms with Crippen molar-refractivity contribution < 1.29 is 32.9 Å². The second-order valence-corrected chi connectivity index (χ2v) is 16.7. The second kappa shape index (κ2) is 37.3. The van der Waals surface area contributed by atoms with Gasteiger partial charge in [0.2, 0.25) is 5.91 Å². The summed E-state index contributed by atoms with van der Waals surface area (Å²) in [6.07, 6.45) is 50.7. The van der Waals surface area contributed by atoms with Crippen LogP contribution in [0.25, 0.3) is 0 Å². The topological polar surface area (TPSA) is 108 Å². The average Bonchev–Trinajstić information content (AvgIpc) is 3.13. The van der Waals surface area contributed by atoms with Crippen molar-refractivity contribution in [3.8, 4) is 0 Å². The van der Waals surface area contributed by atoms with Gasteiger partial charge in [-0.2, -0.15) is 0 Å². The van der Waals surface area contributed by atoms with E-state index in [-0.39, 0.29) is 18.9 Å². The van der Waals surface area contributed by atoms with E-state index in [0.29, 0.717) is 17.4 Å². The van der Waals surface area contributed by atoms with Gasteiger partial charge in [-0.3, -0.25) is 9.36 Å². The first kappa shape index (κ1) is 52.7. The van der Waals surface area contributed by atoms with Crippen molar-refractivity contribution in [3.05, 3.63) is 85.1 Å². The number of nitrogens with one attached hydrogen (secondary N) is 1. The number of amides is 1. The highest BCUT2D eigenvalue weighted by atomic mass is 31.2. The molecule has 0 spiro atoms. The Balaban J connectivity index is 4.64. The third kappa shape index (κ3) is 39.7. The molecule has 3 atom stereocenters. The summed E-state index contributed by atoms with van der Waals surface area (Å²) in [5, 5.41) is 13.7. The van der Waals surface area contributed by atoms with Crippen molar-refractivity contribution in [1.29, 1.82) is 0 Å². The number of hydrogen-bond donors (Lipinski definition) is 2. The average molecular weight is 789 g/mol. The highest BCUT2D eigenvalue weighted by Crippen LogP contribution is 2.38. The minimum Gasteiger partial charge on any atom is -0.756 e. The fraction of sp³-hybridized carbons (Fsp3) is 0.674. The van der Waals surface area contributed by atoms with Crippen LogP contribution in [0.4, 0.5) is 0 Å². The van der Waals surface area contributed by atoms with Crippen LogP contribution in [0.3, 0.4) is 0 Å². The first-order valence-corrected chi connectivity index (χ1v) is 22.9. The van der Waals surface area contributed by atoms with Gasteiger partial charge in [0.25, 0.3) is 7.82 Å². The van der Waals surface area contributed by atoms with E-state index in [2.05, 4.69) is 92.1 Å². The number of carbonyl (C=O) groups excluding carboxylic acids is 1. The molecular weight excluding hydrogens is 707 g/mol. The van der Waals surface area contributed by atoms with Crippen LogP contribution in [0.15, 0.2) is 85.1 Å². The van der Waals surface area contributed by atoms with Crippen molar-refractivity contribution in [2.75, 3.05) is 40.9 Å². The molecule has 0 radical (unpaired) electrons. The molecule has 0 aromatic rings. The Morgan fingerprint density at radius 2 is 1.13 bits per heavy atom. The third-order valence-corrected chi connectivity index (χ3v) is 9.80. The van der Waals surface area contributed by atoms with E-state index in [1.807, 2.05) is 27.2 Å². The molecule has 8 nitrogen and oxygen atoms in total. The Morgan fingerprint density at radius 3 is 1.69 bits per heavy atom. The molecule has 0 aliphatic rings. The molecule has 0 aromatic heterocycles. The van der Waals surface area contributed by atoms with Gasteiger partial charge in [-0.1, -0.05) is 157 Å². The molecule has 2 N–H and O–H groups in total. The van der Waals surface area contributed by atoms with Gasteiger partial charge >= 0.3 is 0 Å². The summed E-state index contributed by atoms with van der Waals surface area (Å²) in [5.74, 6) is -0.269. The molecule has 0 aliphatic heterocycles. The van der Waals surface area contributed by atoms with Crippen molar-refractivity contribution in [2.24, 2.45) is 0 Å². The van der Waals surface area contributed by atoms with Crippen LogP contribution < -0.4 is 10.2 Å². The quantitative estimate of drug-likeness (QED) is 0.0281. The lowest BCUT2D eigenvalue weighted by atomic mass is 10.1. The number of carbonyl (C=O) groups is 1. The molecule has 0 aromatic carbocycles. The number of rotatable bonds is 37. The molecule has 0 saturated carbocycles.